The van der Waals surface area contributed by atoms with Crippen LogP contribution in [0, 0.1) is 5.92 Å². The Morgan fingerprint density at radius 3 is 2.27 bits per heavy atom. The maximum atomic E-state index is 13.0. The number of nitrogens with zero attached hydrogens (tertiary/aromatic N) is 3. The fourth-order valence-electron chi connectivity index (χ4n) is 3.68. The molecule has 126 valence electrons. The molecule has 2 atom stereocenters. The highest BCUT2D eigenvalue weighted by Crippen LogP contribution is 2.23. The summed E-state index contributed by atoms with van der Waals surface area (Å²) in [5.41, 5.74) is 0. The lowest BCUT2D eigenvalue weighted by Gasteiger charge is -2.41. The number of rotatable bonds is 5. The maximum absolute atomic E-state index is 13.0. The van der Waals surface area contributed by atoms with Crippen molar-refractivity contribution < 1.29 is 14.7 Å². The Hall–Kier alpha value is -1.14. The van der Waals surface area contributed by atoms with Crippen molar-refractivity contribution in [3.63, 3.8) is 0 Å². The minimum Gasteiger partial charge on any atom is -0.480 e. The van der Waals surface area contributed by atoms with Gasteiger partial charge in [0.2, 0.25) is 5.91 Å². The summed E-state index contributed by atoms with van der Waals surface area (Å²) in [7, 11) is 0. The second-order valence-corrected chi connectivity index (χ2v) is 6.69. The highest BCUT2D eigenvalue weighted by molar-refractivity contribution is 5.87. The van der Waals surface area contributed by atoms with Crippen LogP contribution in [0.15, 0.2) is 0 Å². The molecule has 2 aliphatic rings. The summed E-state index contributed by atoms with van der Waals surface area (Å²) in [5.74, 6) is -0.676. The van der Waals surface area contributed by atoms with Crippen LogP contribution < -0.4 is 0 Å². The third-order valence-electron chi connectivity index (χ3n) is 4.95. The minimum absolute atomic E-state index is 0.00449. The smallest absolute Gasteiger partial charge is 0.326 e. The number of carboxylic acids is 1. The molecular formula is C16H29N3O3. The lowest BCUT2D eigenvalue weighted by atomic mass is 9.99. The van der Waals surface area contributed by atoms with E-state index in [1.54, 1.807) is 4.90 Å². The fraction of sp³-hybridized carbons (Fsp3) is 0.875. The van der Waals surface area contributed by atoms with Gasteiger partial charge in [-0.1, -0.05) is 20.8 Å². The van der Waals surface area contributed by atoms with E-state index >= 15 is 0 Å². The molecule has 2 aliphatic heterocycles. The summed E-state index contributed by atoms with van der Waals surface area (Å²) in [6.45, 7) is 11.6. The highest BCUT2D eigenvalue weighted by Gasteiger charge is 2.40. The van der Waals surface area contributed by atoms with Gasteiger partial charge in [-0.2, -0.15) is 0 Å². The van der Waals surface area contributed by atoms with Crippen molar-refractivity contribution in [2.75, 3.05) is 39.3 Å². The van der Waals surface area contributed by atoms with Crippen molar-refractivity contribution in [3.05, 3.63) is 0 Å². The van der Waals surface area contributed by atoms with Crippen molar-refractivity contribution in [1.29, 1.82) is 0 Å². The predicted molar refractivity (Wildman–Crippen MR) is 84.7 cm³/mol. The average Bonchev–Trinajstić information content (AvgIpc) is 2.97. The highest BCUT2D eigenvalue weighted by atomic mass is 16.4. The van der Waals surface area contributed by atoms with Crippen LogP contribution in [0.3, 0.4) is 0 Å². The number of carbonyl (C=O) groups excluding carboxylic acids is 1. The zero-order chi connectivity index (χ0) is 16.3. The number of aliphatic carboxylic acids is 1. The van der Waals surface area contributed by atoms with Gasteiger partial charge in [-0.05, 0) is 25.3 Å². The van der Waals surface area contributed by atoms with E-state index in [4.69, 9.17) is 0 Å². The van der Waals surface area contributed by atoms with Crippen molar-refractivity contribution in [1.82, 2.24) is 14.7 Å². The maximum Gasteiger partial charge on any atom is 0.326 e. The Labute approximate surface area is 133 Å². The zero-order valence-corrected chi connectivity index (χ0v) is 14.0. The Kier molecular flexibility index (Phi) is 5.81. The third-order valence-corrected chi connectivity index (χ3v) is 4.95. The summed E-state index contributed by atoms with van der Waals surface area (Å²) in [5, 5.41) is 9.32. The Balaban J connectivity index is 2.07. The summed E-state index contributed by atoms with van der Waals surface area (Å²) in [6.07, 6.45) is 1.37. The molecule has 2 fully saturated rings. The van der Waals surface area contributed by atoms with Gasteiger partial charge in [0.05, 0.1) is 6.04 Å². The lowest BCUT2D eigenvalue weighted by molar-refractivity contribution is -0.151. The van der Waals surface area contributed by atoms with Crippen LogP contribution in [-0.2, 0) is 9.59 Å². The monoisotopic (exact) mass is 311 g/mol. The first-order valence-corrected chi connectivity index (χ1v) is 8.45. The van der Waals surface area contributed by atoms with Crippen LogP contribution in [0.2, 0.25) is 0 Å². The van der Waals surface area contributed by atoms with Crippen LogP contribution >= 0.6 is 0 Å². The molecule has 0 aromatic rings. The summed E-state index contributed by atoms with van der Waals surface area (Å²) >= 11 is 0. The first-order valence-electron chi connectivity index (χ1n) is 8.45. The predicted octanol–water partition coefficient (Wildman–Crippen LogP) is 0.724. The number of carbonyl (C=O) groups is 2. The first-order chi connectivity index (χ1) is 10.5. The molecular weight excluding hydrogens is 282 g/mol. The van der Waals surface area contributed by atoms with E-state index in [2.05, 4.69) is 30.6 Å². The molecule has 2 heterocycles. The molecule has 2 unspecified atom stereocenters. The SMILES string of the molecule is CCN1CCN(C(C(=O)N2CCCC2C(=O)O)C(C)C)CC1. The molecule has 0 radical (unpaired) electrons. The Morgan fingerprint density at radius 2 is 1.77 bits per heavy atom. The topological polar surface area (TPSA) is 64.1 Å². The van der Waals surface area contributed by atoms with Gasteiger partial charge in [0.15, 0.2) is 0 Å². The lowest BCUT2D eigenvalue weighted by Crippen LogP contribution is -2.58. The molecule has 6 heteroatoms. The second kappa shape index (κ2) is 7.42. The standard InChI is InChI=1S/C16H29N3O3/c1-4-17-8-10-18(11-9-17)14(12(2)3)15(20)19-7-5-6-13(19)16(21)22/h12-14H,4-11H2,1-3H3,(H,21,22). The number of likely N-dealkylation sites (tertiary alicyclic amines) is 1. The molecule has 0 saturated carbocycles. The van der Waals surface area contributed by atoms with Gasteiger partial charge < -0.3 is 14.9 Å². The number of likely N-dealkylation sites (N-methyl/N-ethyl adjacent to an activating group) is 1. The summed E-state index contributed by atoms with van der Waals surface area (Å²) in [6, 6.07) is -0.829. The molecule has 0 bridgehead atoms. The molecule has 1 N–H and O–H groups in total. The largest absolute Gasteiger partial charge is 0.480 e. The van der Waals surface area contributed by atoms with E-state index in [9.17, 15) is 14.7 Å². The van der Waals surface area contributed by atoms with Crippen LogP contribution in [0.25, 0.3) is 0 Å². The van der Waals surface area contributed by atoms with E-state index in [1.165, 1.54) is 0 Å². The molecule has 2 saturated heterocycles. The van der Waals surface area contributed by atoms with Crippen LogP contribution in [0.4, 0.5) is 0 Å². The number of piperazine rings is 1. The van der Waals surface area contributed by atoms with Gasteiger partial charge in [0, 0.05) is 32.7 Å². The van der Waals surface area contributed by atoms with Crippen LogP contribution in [0.5, 0.6) is 0 Å². The van der Waals surface area contributed by atoms with Gasteiger partial charge in [-0.3, -0.25) is 9.69 Å². The van der Waals surface area contributed by atoms with Gasteiger partial charge >= 0.3 is 5.97 Å². The van der Waals surface area contributed by atoms with Gasteiger partial charge in [-0.25, -0.2) is 4.79 Å². The van der Waals surface area contributed by atoms with E-state index in [0.29, 0.717) is 13.0 Å². The number of carboxylic acid groups (broad SMARTS) is 1. The second-order valence-electron chi connectivity index (χ2n) is 6.69. The van der Waals surface area contributed by atoms with Crippen molar-refractivity contribution >= 4 is 11.9 Å². The van der Waals surface area contributed by atoms with Crippen LogP contribution in [0.1, 0.15) is 33.6 Å². The van der Waals surface area contributed by atoms with Gasteiger partial charge in [0.1, 0.15) is 6.04 Å². The molecule has 0 aromatic carbocycles. The van der Waals surface area contributed by atoms with Gasteiger partial charge in [0.25, 0.3) is 0 Å². The van der Waals surface area contributed by atoms with Gasteiger partial charge in [-0.15, -0.1) is 0 Å². The van der Waals surface area contributed by atoms with E-state index in [1.807, 2.05) is 0 Å². The average molecular weight is 311 g/mol. The van der Waals surface area contributed by atoms with Crippen LogP contribution in [-0.4, -0.2) is 83.0 Å². The van der Waals surface area contributed by atoms with E-state index in [-0.39, 0.29) is 17.9 Å². The zero-order valence-electron chi connectivity index (χ0n) is 14.0. The summed E-state index contributed by atoms with van der Waals surface area (Å²) < 4.78 is 0. The number of hydrogen-bond donors (Lipinski definition) is 1. The normalized spacial score (nSPS) is 25.6. The molecule has 0 spiro atoms. The molecule has 22 heavy (non-hydrogen) atoms. The van der Waals surface area contributed by atoms with E-state index < -0.39 is 12.0 Å². The van der Waals surface area contributed by atoms with E-state index in [0.717, 1.165) is 39.1 Å². The van der Waals surface area contributed by atoms with Crippen molar-refractivity contribution in [2.45, 2.75) is 45.7 Å². The quantitative estimate of drug-likeness (QED) is 0.811. The Bertz CT molecular complexity index is 405. The van der Waals surface area contributed by atoms with Crippen molar-refractivity contribution in [3.8, 4) is 0 Å². The third kappa shape index (κ3) is 3.60. The van der Waals surface area contributed by atoms with Crippen molar-refractivity contribution in [2.24, 2.45) is 5.92 Å². The molecule has 0 aromatic heterocycles. The Morgan fingerprint density at radius 1 is 1.14 bits per heavy atom. The summed E-state index contributed by atoms with van der Waals surface area (Å²) in [4.78, 5) is 30.5. The minimum atomic E-state index is -0.871. The first kappa shape index (κ1) is 17.2. The molecule has 2 rings (SSSR count). The molecule has 1 amide bonds. The molecule has 6 nitrogen and oxygen atoms in total. The number of hydrogen-bond acceptors (Lipinski definition) is 4. The molecule has 0 aliphatic carbocycles. The number of amides is 1. The fourth-order valence-corrected chi connectivity index (χ4v) is 3.68.